The molecule has 0 bridgehead atoms. The van der Waals surface area contributed by atoms with Crippen LogP contribution in [0.15, 0.2) is 52.4 Å². The van der Waals surface area contributed by atoms with Crippen LogP contribution in [0.2, 0.25) is 0 Å². The summed E-state index contributed by atoms with van der Waals surface area (Å²) >= 11 is 0. The van der Waals surface area contributed by atoms with Gasteiger partial charge in [0.15, 0.2) is 15.8 Å². The van der Waals surface area contributed by atoms with E-state index in [9.17, 15) is 8.42 Å². The second-order valence-electron chi connectivity index (χ2n) is 8.32. The summed E-state index contributed by atoms with van der Waals surface area (Å²) in [6.45, 7) is 6.42. The molecule has 150 valence electrons. The number of nitrogens with one attached hydrogen (secondary N) is 1. The number of benzene rings is 2. The highest BCUT2D eigenvalue weighted by Crippen LogP contribution is 2.25. The van der Waals surface area contributed by atoms with Crippen LogP contribution in [0.1, 0.15) is 43.9 Å². The van der Waals surface area contributed by atoms with Crippen LogP contribution < -0.4 is 11.1 Å². The summed E-state index contributed by atoms with van der Waals surface area (Å²) in [7, 11) is -3.39. The molecule has 5 nitrogen and oxygen atoms in total. The van der Waals surface area contributed by atoms with Crippen LogP contribution in [0.4, 0.5) is 5.69 Å². The van der Waals surface area contributed by atoms with Gasteiger partial charge >= 0.3 is 0 Å². The fourth-order valence-corrected chi connectivity index (χ4v) is 4.52. The van der Waals surface area contributed by atoms with Gasteiger partial charge in [-0.25, -0.2) is 8.42 Å². The van der Waals surface area contributed by atoms with Crippen molar-refractivity contribution in [2.45, 2.75) is 50.3 Å². The minimum atomic E-state index is -3.39. The molecule has 3 rings (SSSR count). The van der Waals surface area contributed by atoms with Crippen LogP contribution in [0.5, 0.6) is 0 Å². The van der Waals surface area contributed by atoms with Crippen LogP contribution in [-0.4, -0.2) is 26.7 Å². The first-order chi connectivity index (χ1) is 13.1. The van der Waals surface area contributed by atoms with Gasteiger partial charge in [-0.15, -0.1) is 0 Å². The molecule has 1 aliphatic carbocycles. The van der Waals surface area contributed by atoms with Crippen molar-refractivity contribution in [1.82, 2.24) is 0 Å². The van der Waals surface area contributed by atoms with E-state index in [1.807, 2.05) is 18.2 Å². The summed E-state index contributed by atoms with van der Waals surface area (Å²) in [4.78, 5) is 4.50. The first-order valence-electron chi connectivity index (χ1n) is 9.67. The molecule has 28 heavy (non-hydrogen) atoms. The number of fused-ring (bicyclic) bond motifs is 1. The lowest BCUT2D eigenvalue weighted by atomic mass is 9.87. The van der Waals surface area contributed by atoms with Crippen molar-refractivity contribution in [3.05, 3.63) is 59.2 Å². The van der Waals surface area contributed by atoms with Crippen LogP contribution >= 0.6 is 0 Å². The number of rotatable bonds is 5. The Balaban J connectivity index is 1.59. The number of nitrogens with zero attached hydrogens (tertiary/aromatic N) is 1. The maximum atomic E-state index is 12.5. The van der Waals surface area contributed by atoms with Gasteiger partial charge in [-0.2, -0.15) is 0 Å². The molecule has 0 radical (unpaired) electrons. The van der Waals surface area contributed by atoms with Crippen LogP contribution in [-0.2, 0) is 28.1 Å². The standard InChI is InChI=1S/C22H29N3O2S/c1-22(2,3)18-8-11-20(12-9-18)28(26,27)14-13-24-21(23)25-19-10-7-16-5-4-6-17(16)15-19/h7-12,15H,4-6,13-14H2,1-3H3,(H3,23,24,25). The van der Waals surface area contributed by atoms with Gasteiger partial charge in [-0.1, -0.05) is 39.0 Å². The third-order valence-corrected chi connectivity index (χ3v) is 6.80. The average Bonchev–Trinajstić information content (AvgIpc) is 3.08. The maximum absolute atomic E-state index is 12.5. The number of hydrogen-bond donors (Lipinski definition) is 2. The van der Waals surface area contributed by atoms with Gasteiger partial charge in [-0.05, 0) is 65.6 Å². The number of anilines is 1. The predicted molar refractivity (Wildman–Crippen MR) is 116 cm³/mol. The molecule has 2 aromatic carbocycles. The molecule has 6 heteroatoms. The Morgan fingerprint density at radius 1 is 1.07 bits per heavy atom. The van der Waals surface area contributed by atoms with Gasteiger partial charge in [0.25, 0.3) is 0 Å². The largest absolute Gasteiger partial charge is 0.370 e. The van der Waals surface area contributed by atoms with Gasteiger partial charge in [0, 0.05) is 5.69 Å². The molecule has 0 amide bonds. The van der Waals surface area contributed by atoms with E-state index < -0.39 is 9.84 Å². The van der Waals surface area contributed by atoms with Crippen molar-refractivity contribution in [3.8, 4) is 0 Å². The molecule has 3 N–H and O–H groups in total. The molecule has 1 aliphatic rings. The normalized spacial score (nSPS) is 14.8. The summed E-state index contributed by atoms with van der Waals surface area (Å²) in [5, 5.41) is 3.05. The molecule has 0 unspecified atom stereocenters. The summed E-state index contributed by atoms with van der Waals surface area (Å²) in [6, 6.07) is 13.3. The summed E-state index contributed by atoms with van der Waals surface area (Å²) in [5.41, 5.74) is 10.7. The molecular weight excluding hydrogens is 370 g/mol. The van der Waals surface area contributed by atoms with E-state index in [-0.39, 0.29) is 23.7 Å². The third-order valence-electron chi connectivity index (χ3n) is 5.09. The lowest BCUT2D eigenvalue weighted by Gasteiger charge is -2.19. The van der Waals surface area contributed by atoms with Crippen molar-refractivity contribution in [3.63, 3.8) is 0 Å². The molecule has 2 aromatic rings. The number of guanidine groups is 1. The highest BCUT2D eigenvalue weighted by Gasteiger charge is 2.17. The zero-order chi connectivity index (χ0) is 20.4. The summed E-state index contributed by atoms with van der Waals surface area (Å²) < 4.78 is 25.1. The molecular formula is C22H29N3O2S. The molecule has 0 aliphatic heterocycles. The number of aliphatic imine (C=N–C) groups is 1. The zero-order valence-corrected chi connectivity index (χ0v) is 17.6. The van der Waals surface area contributed by atoms with E-state index in [1.165, 1.54) is 17.5 Å². The van der Waals surface area contributed by atoms with Crippen LogP contribution in [0.25, 0.3) is 0 Å². The SMILES string of the molecule is CC(C)(C)c1ccc(S(=O)(=O)CCN=C(N)Nc2ccc3c(c2)CCC3)cc1. The van der Waals surface area contributed by atoms with Gasteiger partial charge in [0.05, 0.1) is 17.2 Å². The molecule has 0 heterocycles. The Morgan fingerprint density at radius 3 is 2.43 bits per heavy atom. The van der Waals surface area contributed by atoms with Gasteiger partial charge < -0.3 is 11.1 Å². The van der Waals surface area contributed by atoms with Crippen LogP contribution in [0, 0.1) is 0 Å². The molecule has 0 saturated heterocycles. The van der Waals surface area contributed by atoms with Gasteiger partial charge in [0.2, 0.25) is 0 Å². The molecule has 0 saturated carbocycles. The average molecular weight is 400 g/mol. The Morgan fingerprint density at radius 2 is 1.75 bits per heavy atom. The van der Waals surface area contributed by atoms with E-state index in [0.29, 0.717) is 4.90 Å². The predicted octanol–water partition coefficient (Wildman–Crippen LogP) is 3.67. The lowest BCUT2D eigenvalue weighted by Crippen LogP contribution is -2.24. The number of sulfone groups is 1. The first kappa shape index (κ1) is 20.4. The Bertz CT molecular complexity index is 972. The molecule has 0 fully saturated rings. The minimum Gasteiger partial charge on any atom is -0.370 e. The Kier molecular flexibility index (Phi) is 5.79. The highest BCUT2D eigenvalue weighted by molar-refractivity contribution is 7.91. The van der Waals surface area contributed by atoms with Crippen molar-refractivity contribution in [2.75, 3.05) is 17.6 Å². The zero-order valence-electron chi connectivity index (χ0n) is 16.8. The third kappa shape index (κ3) is 4.93. The number of nitrogens with two attached hydrogens (primary N) is 1. The van der Waals surface area contributed by atoms with Crippen molar-refractivity contribution in [2.24, 2.45) is 10.7 Å². The smallest absolute Gasteiger partial charge is 0.193 e. The summed E-state index contributed by atoms with van der Waals surface area (Å²) in [5.74, 6) is 0.158. The minimum absolute atomic E-state index is 0.00966. The Labute approximate surface area is 168 Å². The second kappa shape index (κ2) is 7.95. The topological polar surface area (TPSA) is 84.5 Å². The summed E-state index contributed by atoms with van der Waals surface area (Å²) in [6.07, 6.45) is 3.42. The van der Waals surface area contributed by atoms with Gasteiger partial charge in [0.1, 0.15) is 0 Å². The van der Waals surface area contributed by atoms with E-state index in [4.69, 9.17) is 5.73 Å². The fourth-order valence-electron chi connectivity index (χ4n) is 3.40. The van der Waals surface area contributed by atoms with E-state index in [0.717, 1.165) is 24.1 Å². The van der Waals surface area contributed by atoms with Gasteiger partial charge in [-0.3, -0.25) is 4.99 Å². The highest BCUT2D eigenvalue weighted by atomic mass is 32.2. The molecule has 0 spiro atoms. The number of aryl methyl sites for hydroxylation is 2. The van der Waals surface area contributed by atoms with E-state index >= 15 is 0 Å². The quantitative estimate of drug-likeness (QED) is 0.593. The van der Waals surface area contributed by atoms with Crippen molar-refractivity contribution in [1.29, 1.82) is 0 Å². The van der Waals surface area contributed by atoms with E-state index in [2.05, 4.69) is 43.2 Å². The van der Waals surface area contributed by atoms with Crippen molar-refractivity contribution < 1.29 is 8.42 Å². The van der Waals surface area contributed by atoms with E-state index in [1.54, 1.807) is 12.1 Å². The fraction of sp³-hybridized carbons (Fsp3) is 0.409. The Hall–Kier alpha value is -2.34. The number of hydrogen-bond acceptors (Lipinski definition) is 3. The second-order valence-corrected chi connectivity index (χ2v) is 10.4. The first-order valence-corrected chi connectivity index (χ1v) is 11.3. The lowest BCUT2D eigenvalue weighted by molar-refractivity contribution is 0.586. The molecule has 0 atom stereocenters. The monoisotopic (exact) mass is 399 g/mol. The van der Waals surface area contributed by atoms with Crippen molar-refractivity contribution >= 4 is 21.5 Å². The van der Waals surface area contributed by atoms with Crippen LogP contribution in [0.3, 0.4) is 0 Å². The molecule has 0 aromatic heterocycles. The maximum Gasteiger partial charge on any atom is 0.193 e.